The van der Waals surface area contributed by atoms with Crippen molar-refractivity contribution in [1.82, 2.24) is 0 Å². The van der Waals surface area contributed by atoms with Gasteiger partial charge in [0.05, 0.1) is 4.88 Å². The fourth-order valence-electron chi connectivity index (χ4n) is 2.67. The van der Waals surface area contributed by atoms with Crippen molar-refractivity contribution in [3.8, 4) is 0 Å². The first-order valence-electron chi connectivity index (χ1n) is 6.66. The quantitative estimate of drug-likeness (QED) is 0.723. The van der Waals surface area contributed by atoms with Gasteiger partial charge in [0.25, 0.3) is 0 Å². The maximum Gasteiger partial charge on any atom is 0.160 e. The Morgan fingerprint density at radius 2 is 1.95 bits per heavy atom. The molecule has 1 aliphatic rings. The first-order chi connectivity index (χ1) is 9.36. The number of carbonyl (C=O) groups excluding carboxylic acids is 1. The Morgan fingerprint density at radius 1 is 1.11 bits per heavy atom. The summed E-state index contributed by atoms with van der Waals surface area (Å²) in [6, 6.07) is 14.7. The zero-order valence-corrected chi connectivity index (χ0v) is 11.5. The molecule has 0 spiro atoms. The van der Waals surface area contributed by atoms with E-state index in [0.29, 0.717) is 5.92 Å². The molecule has 19 heavy (non-hydrogen) atoms. The van der Waals surface area contributed by atoms with Gasteiger partial charge in [-0.3, -0.25) is 4.79 Å². The predicted octanol–water partition coefficient (Wildman–Crippen LogP) is 4.91. The van der Waals surface area contributed by atoms with Crippen molar-refractivity contribution in [1.29, 1.82) is 0 Å². The van der Waals surface area contributed by atoms with Gasteiger partial charge in [-0.1, -0.05) is 36.4 Å². The number of rotatable bonds is 3. The van der Waals surface area contributed by atoms with Crippen molar-refractivity contribution < 1.29 is 4.79 Å². The lowest BCUT2D eigenvalue weighted by Gasteiger charge is -2.21. The van der Waals surface area contributed by atoms with Crippen LogP contribution in [-0.4, -0.2) is 6.29 Å². The van der Waals surface area contributed by atoms with Crippen LogP contribution in [0.3, 0.4) is 0 Å². The second-order valence-electron chi connectivity index (χ2n) is 4.93. The molecule has 2 heteroatoms. The molecule has 96 valence electrons. The summed E-state index contributed by atoms with van der Waals surface area (Å²) in [5.41, 5.74) is 2.85. The molecule has 0 fully saturated rings. The Morgan fingerprint density at radius 3 is 2.58 bits per heavy atom. The van der Waals surface area contributed by atoms with E-state index < -0.39 is 0 Å². The number of benzene rings is 1. The summed E-state index contributed by atoms with van der Waals surface area (Å²) < 4.78 is 0. The first-order valence-corrected chi connectivity index (χ1v) is 7.48. The van der Waals surface area contributed by atoms with Gasteiger partial charge in [0.2, 0.25) is 0 Å². The van der Waals surface area contributed by atoms with Crippen molar-refractivity contribution in [2.75, 3.05) is 0 Å². The number of thiophene rings is 1. The summed E-state index contributed by atoms with van der Waals surface area (Å²) in [4.78, 5) is 12.8. The van der Waals surface area contributed by atoms with E-state index in [1.807, 2.05) is 6.07 Å². The van der Waals surface area contributed by atoms with Crippen LogP contribution >= 0.6 is 11.3 Å². The van der Waals surface area contributed by atoms with Crippen molar-refractivity contribution in [3.63, 3.8) is 0 Å². The van der Waals surface area contributed by atoms with Crippen LogP contribution in [0, 0.1) is 0 Å². The average Bonchev–Trinajstić information content (AvgIpc) is 2.97. The van der Waals surface area contributed by atoms with Gasteiger partial charge in [0.15, 0.2) is 6.29 Å². The third kappa shape index (κ3) is 2.69. The fourth-order valence-corrected chi connectivity index (χ4v) is 3.57. The lowest BCUT2D eigenvalue weighted by molar-refractivity contribution is 0.112. The molecule has 0 saturated carbocycles. The summed E-state index contributed by atoms with van der Waals surface area (Å²) in [5.74, 6) is 0.649. The van der Waals surface area contributed by atoms with Crippen LogP contribution in [0.4, 0.5) is 0 Å². The number of allylic oxidation sites excluding steroid dienone is 2. The van der Waals surface area contributed by atoms with Crippen LogP contribution in [0.2, 0.25) is 0 Å². The van der Waals surface area contributed by atoms with Crippen LogP contribution in [0.15, 0.2) is 48.5 Å². The Bertz CT molecular complexity index is 595. The van der Waals surface area contributed by atoms with E-state index in [0.717, 1.165) is 24.0 Å². The second kappa shape index (κ2) is 5.54. The standard InChI is InChI=1S/C17H16OS/c18-12-16-10-11-17(19-16)15-8-6-14(7-9-15)13-4-2-1-3-5-13/h1-5,8,10-12,14H,6-7,9H2. The molecule has 1 atom stereocenters. The minimum Gasteiger partial charge on any atom is -0.297 e. The number of carbonyl (C=O) groups is 1. The average molecular weight is 268 g/mol. The molecule has 1 aromatic carbocycles. The number of hydrogen-bond acceptors (Lipinski definition) is 2. The third-order valence-electron chi connectivity index (χ3n) is 3.74. The van der Waals surface area contributed by atoms with Crippen molar-refractivity contribution >= 4 is 23.2 Å². The highest BCUT2D eigenvalue weighted by Crippen LogP contribution is 2.37. The van der Waals surface area contributed by atoms with Gasteiger partial charge >= 0.3 is 0 Å². The van der Waals surface area contributed by atoms with Gasteiger partial charge in [-0.25, -0.2) is 0 Å². The molecule has 1 aromatic heterocycles. The highest BCUT2D eigenvalue weighted by Gasteiger charge is 2.17. The SMILES string of the molecule is O=Cc1ccc(C2=CCC(c3ccccc3)CC2)s1. The van der Waals surface area contributed by atoms with Crippen molar-refractivity contribution in [3.05, 3.63) is 63.9 Å². The number of hydrogen-bond donors (Lipinski definition) is 0. The maximum atomic E-state index is 10.7. The fraction of sp³-hybridized carbons (Fsp3) is 0.235. The molecular formula is C17H16OS. The largest absolute Gasteiger partial charge is 0.297 e. The molecule has 1 aliphatic carbocycles. The topological polar surface area (TPSA) is 17.1 Å². The smallest absolute Gasteiger partial charge is 0.160 e. The first kappa shape index (κ1) is 12.4. The summed E-state index contributed by atoms with van der Waals surface area (Å²) in [5, 5.41) is 0. The van der Waals surface area contributed by atoms with Crippen LogP contribution in [0.25, 0.3) is 5.57 Å². The summed E-state index contributed by atoms with van der Waals surface area (Å²) >= 11 is 1.60. The Kier molecular flexibility index (Phi) is 3.60. The summed E-state index contributed by atoms with van der Waals surface area (Å²) in [7, 11) is 0. The van der Waals surface area contributed by atoms with E-state index in [2.05, 4.69) is 42.5 Å². The second-order valence-corrected chi connectivity index (χ2v) is 6.05. The molecule has 1 nitrogen and oxygen atoms in total. The van der Waals surface area contributed by atoms with Crippen LogP contribution < -0.4 is 0 Å². The van der Waals surface area contributed by atoms with E-state index in [-0.39, 0.29) is 0 Å². The highest BCUT2D eigenvalue weighted by atomic mass is 32.1. The number of aldehydes is 1. The minimum absolute atomic E-state index is 0.649. The van der Waals surface area contributed by atoms with Gasteiger partial charge < -0.3 is 0 Å². The lowest BCUT2D eigenvalue weighted by Crippen LogP contribution is -2.03. The monoisotopic (exact) mass is 268 g/mol. The van der Waals surface area contributed by atoms with E-state index in [9.17, 15) is 4.79 Å². The molecule has 2 aromatic rings. The van der Waals surface area contributed by atoms with Gasteiger partial charge in [-0.2, -0.15) is 0 Å². The predicted molar refractivity (Wildman–Crippen MR) is 80.7 cm³/mol. The van der Waals surface area contributed by atoms with Gasteiger partial charge in [0, 0.05) is 4.88 Å². The normalized spacial score (nSPS) is 18.9. The Labute approximate surface area is 117 Å². The molecule has 0 N–H and O–H groups in total. The van der Waals surface area contributed by atoms with Crippen LogP contribution in [-0.2, 0) is 0 Å². The summed E-state index contributed by atoms with van der Waals surface area (Å²) in [6.45, 7) is 0. The molecule has 0 amide bonds. The Balaban J connectivity index is 1.75. The van der Waals surface area contributed by atoms with E-state index >= 15 is 0 Å². The van der Waals surface area contributed by atoms with Gasteiger partial charge in [-0.05, 0) is 48.4 Å². The molecule has 1 heterocycles. The van der Waals surface area contributed by atoms with E-state index in [1.165, 1.54) is 22.4 Å². The Hall–Kier alpha value is -1.67. The molecule has 1 unspecified atom stereocenters. The molecule has 0 radical (unpaired) electrons. The molecule has 0 bridgehead atoms. The third-order valence-corrected chi connectivity index (χ3v) is 4.83. The van der Waals surface area contributed by atoms with Crippen LogP contribution in [0.5, 0.6) is 0 Å². The zero-order valence-electron chi connectivity index (χ0n) is 10.7. The molecule has 0 saturated heterocycles. The van der Waals surface area contributed by atoms with Crippen LogP contribution in [0.1, 0.15) is 45.3 Å². The highest BCUT2D eigenvalue weighted by molar-refractivity contribution is 7.14. The van der Waals surface area contributed by atoms with Gasteiger partial charge in [0.1, 0.15) is 0 Å². The lowest BCUT2D eigenvalue weighted by atomic mass is 9.84. The molecule has 3 rings (SSSR count). The van der Waals surface area contributed by atoms with Crippen molar-refractivity contribution in [2.24, 2.45) is 0 Å². The zero-order chi connectivity index (χ0) is 13.1. The maximum absolute atomic E-state index is 10.7. The van der Waals surface area contributed by atoms with E-state index in [1.54, 1.807) is 11.3 Å². The molecule has 0 aliphatic heterocycles. The summed E-state index contributed by atoms with van der Waals surface area (Å²) in [6.07, 6.45) is 6.70. The van der Waals surface area contributed by atoms with Crippen molar-refractivity contribution in [2.45, 2.75) is 25.2 Å². The minimum atomic E-state index is 0.649. The van der Waals surface area contributed by atoms with Gasteiger partial charge in [-0.15, -0.1) is 11.3 Å². The molecular weight excluding hydrogens is 252 g/mol. The van der Waals surface area contributed by atoms with E-state index in [4.69, 9.17) is 0 Å².